The molecule has 1 saturated heterocycles. The molecule has 0 aromatic heterocycles. The molecule has 1 aliphatic rings. The van der Waals surface area contributed by atoms with Crippen LogP contribution in [0.2, 0.25) is 0 Å². The van der Waals surface area contributed by atoms with Gasteiger partial charge in [-0.15, -0.1) is 0 Å². The van der Waals surface area contributed by atoms with Gasteiger partial charge in [-0.2, -0.15) is 0 Å². The van der Waals surface area contributed by atoms with E-state index in [2.05, 4.69) is 9.95 Å². The van der Waals surface area contributed by atoms with Crippen LogP contribution in [0.1, 0.15) is 6.42 Å². The summed E-state index contributed by atoms with van der Waals surface area (Å²) in [6.45, 7) is 1.15. The fraction of sp³-hybridized carbons (Fsp3) is 0.800. The van der Waals surface area contributed by atoms with E-state index in [9.17, 15) is 4.57 Å². The molecule has 1 unspecified atom stereocenters. The van der Waals surface area contributed by atoms with Gasteiger partial charge in [0, 0.05) is 13.1 Å². The number of nitrogens with two attached hydrogens (primary N) is 1. The molecule has 8 nitrogen and oxygen atoms in total. The minimum absolute atomic E-state index is 0.107. The van der Waals surface area contributed by atoms with Gasteiger partial charge in [-0.25, -0.2) is 11.3 Å². The van der Waals surface area contributed by atoms with Gasteiger partial charge in [0.1, 0.15) is 6.73 Å². The van der Waals surface area contributed by atoms with Crippen molar-refractivity contribution in [1.29, 1.82) is 5.41 Å². The van der Waals surface area contributed by atoms with E-state index < -0.39 is 8.25 Å². The zero-order chi connectivity index (χ0) is 10.6. The van der Waals surface area contributed by atoms with Crippen molar-refractivity contribution in [3.63, 3.8) is 0 Å². The van der Waals surface area contributed by atoms with Crippen molar-refractivity contribution in [1.82, 2.24) is 15.4 Å². The van der Waals surface area contributed by atoms with Gasteiger partial charge in [-0.1, -0.05) is 0 Å². The number of nitrogens with zero attached hydrogens (tertiary/aromatic N) is 2. The molecule has 1 atom stereocenters. The third kappa shape index (κ3) is 3.24. The molecular formula is C5H14N5O3P. The lowest BCUT2D eigenvalue weighted by molar-refractivity contribution is 0.141. The molecule has 5 N–H and O–H groups in total. The molecule has 0 aliphatic carbocycles. The second-order valence-corrected chi connectivity index (χ2v) is 3.56. The van der Waals surface area contributed by atoms with Crippen LogP contribution >= 0.6 is 8.25 Å². The van der Waals surface area contributed by atoms with E-state index in [-0.39, 0.29) is 12.7 Å². The summed E-state index contributed by atoms with van der Waals surface area (Å²) in [5, 5.41) is 10.3. The lowest BCUT2D eigenvalue weighted by Crippen LogP contribution is -2.57. The Morgan fingerprint density at radius 2 is 2.43 bits per heavy atom. The summed E-state index contributed by atoms with van der Waals surface area (Å²) < 4.78 is 14.6. The summed E-state index contributed by atoms with van der Waals surface area (Å²) in [5.41, 5.74) is 2.66. The highest BCUT2D eigenvalue weighted by Gasteiger charge is 2.19. The molecule has 0 spiro atoms. The Kier molecular flexibility index (Phi) is 4.30. The average Bonchev–Trinajstić information content (AvgIpc) is 2.12. The highest BCUT2D eigenvalue weighted by atomic mass is 31.1. The number of nitrogens with one attached hydrogen (secondary N) is 2. The van der Waals surface area contributed by atoms with Crippen LogP contribution in [0, 0.1) is 5.41 Å². The molecule has 0 bridgehead atoms. The van der Waals surface area contributed by atoms with Gasteiger partial charge < -0.3 is 4.89 Å². The fourth-order valence-corrected chi connectivity index (χ4v) is 1.28. The lowest BCUT2D eigenvalue weighted by atomic mass is 10.3. The van der Waals surface area contributed by atoms with Crippen molar-refractivity contribution in [3.05, 3.63) is 0 Å². The van der Waals surface area contributed by atoms with Crippen LogP contribution in [0.15, 0.2) is 0 Å². The third-order valence-corrected chi connectivity index (χ3v) is 2.15. The summed E-state index contributed by atoms with van der Waals surface area (Å²) in [6, 6.07) is 0. The van der Waals surface area contributed by atoms with Crippen molar-refractivity contribution in [2.45, 2.75) is 6.42 Å². The Labute approximate surface area is 82.0 Å². The topological polar surface area (TPSA) is 115 Å². The van der Waals surface area contributed by atoms with Gasteiger partial charge in [-0.05, 0) is 6.42 Å². The normalized spacial score (nSPS) is 20.0. The van der Waals surface area contributed by atoms with Crippen LogP contribution in [0.25, 0.3) is 0 Å². The molecule has 1 fully saturated rings. The van der Waals surface area contributed by atoms with Gasteiger partial charge in [0.2, 0.25) is 5.96 Å². The molecule has 1 rings (SSSR count). The lowest BCUT2D eigenvalue weighted by Gasteiger charge is -2.35. The molecular weight excluding hydrogens is 209 g/mol. The first-order valence-corrected chi connectivity index (χ1v) is 5.35. The smallest absolute Gasteiger partial charge is 0.317 e. The first kappa shape index (κ1) is 11.4. The molecule has 0 aromatic carbocycles. The minimum Gasteiger partial charge on any atom is -0.326 e. The minimum atomic E-state index is -2.92. The van der Waals surface area contributed by atoms with Crippen molar-refractivity contribution in [2.75, 3.05) is 19.8 Å². The van der Waals surface area contributed by atoms with Crippen LogP contribution in [-0.4, -0.2) is 40.7 Å². The van der Waals surface area contributed by atoms with Crippen LogP contribution in [0.3, 0.4) is 0 Å². The maximum Gasteiger partial charge on any atom is 0.317 e. The maximum atomic E-state index is 10.2. The Hall–Kier alpha value is -0.660. The van der Waals surface area contributed by atoms with E-state index in [1.54, 1.807) is 0 Å². The maximum absolute atomic E-state index is 10.2. The van der Waals surface area contributed by atoms with Gasteiger partial charge in [0.15, 0.2) is 0 Å². The highest BCUT2D eigenvalue weighted by molar-refractivity contribution is 7.32. The largest absolute Gasteiger partial charge is 0.326 e. The van der Waals surface area contributed by atoms with Gasteiger partial charge in [0.25, 0.3) is 0 Å². The summed E-state index contributed by atoms with van der Waals surface area (Å²) in [5.74, 6) is 5.60. The van der Waals surface area contributed by atoms with Crippen molar-refractivity contribution < 1.29 is 14.0 Å². The second kappa shape index (κ2) is 5.28. The SMILES string of the molecule is N=C1N(N)CCCN1NCO[PH](=O)O. The molecule has 1 heterocycles. The monoisotopic (exact) mass is 223 g/mol. The van der Waals surface area contributed by atoms with Crippen molar-refractivity contribution in [2.24, 2.45) is 5.84 Å². The summed E-state index contributed by atoms with van der Waals surface area (Å²) in [7, 11) is -2.92. The van der Waals surface area contributed by atoms with Crippen molar-refractivity contribution >= 4 is 14.2 Å². The average molecular weight is 223 g/mol. The second-order valence-electron chi connectivity index (χ2n) is 2.73. The predicted molar refractivity (Wildman–Crippen MR) is 50.3 cm³/mol. The van der Waals surface area contributed by atoms with E-state index in [1.807, 2.05) is 0 Å². The van der Waals surface area contributed by atoms with Crippen molar-refractivity contribution in [3.8, 4) is 0 Å². The zero-order valence-electron chi connectivity index (χ0n) is 7.56. The molecule has 0 radical (unpaired) electrons. The zero-order valence-corrected chi connectivity index (χ0v) is 8.56. The summed E-state index contributed by atoms with van der Waals surface area (Å²) in [4.78, 5) is 8.38. The molecule has 82 valence electrons. The Bertz CT molecular complexity index is 237. The third-order valence-electron chi connectivity index (χ3n) is 1.76. The number of hydrogen-bond donors (Lipinski definition) is 4. The van der Waals surface area contributed by atoms with E-state index in [4.69, 9.17) is 16.1 Å². The number of rotatable bonds is 4. The van der Waals surface area contributed by atoms with Crippen LogP contribution in [-0.2, 0) is 9.09 Å². The van der Waals surface area contributed by atoms with Gasteiger partial charge in [-0.3, -0.25) is 24.5 Å². The quantitative estimate of drug-likeness (QED) is 0.265. The standard InChI is InChI=1S/C5H14N5O3P/c6-5-9(7)2-1-3-10(5)8-4-13-14(11)12/h6,8,14H,1-4,7H2,(H,11,12). The van der Waals surface area contributed by atoms with E-state index in [0.717, 1.165) is 6.42 Å². The Morgan fingerprint density at radius 1 is 1.71 bits per heavy atom. The van der Waals surface area contributed by atoms with Crippen LogP contribution in [0.4, 0.5) is 0 Å². The molecule has 0 amide bonds. The number of hydrazine groups is 2. The van der Waals surface area contributed by atoms with Gasteiger partial charge in [0.05, 0.1) is 0 Å². The fourth-order valence-electron chi connectivity index (χ4n) is 1.09. The predicted octanol–water partition coefficient (Wildman–Crippen LogP) is -1.34. The Morgan fingerprint density at radius 3 is 3.07 bits per heavy atom. The summed E-state index contributed by atoms with van der Waals surface area (Å²) in [6.07, 6.45) is 0.820. The number of hydrogen-bond acceptors (Lipinski definition) is 5. The molecule has 9 heteroatoms. The summed E-state index contributed by atoms with van der Waals surface area (Å²) >= 11 is 0. The highest BCUT2D eigenvalue weighted by Crippen LogP contribution is 2.12. The number of guanidine groups is 1. The van der Waals surface area contributed by atoms with E-state index >= 15 is 0 Å². The first-order chi connectivity index (χ1) is 6.61. The molecule has 1 aliphatic heterocycles. The molecule has 0 saturated carbocycles. The van der Waals surface area contributed by atoms with E-state index in [1.165, 1.54) is 10.0 Å². The van der Waals surface area contributed by atoms with Gasteiger partial charge >= 0.3 is 8.25 Å². The molecule has 0 aromatic rings. The van der Waals surface area contributed by atoms with E-state index in [0.29, 0.717) is 13.1 Å². The van der Waals surface area contributed by atoms with Crippen LogP contribution < -0.4 is 11.3 Å². The first-order valence-electron chi connectivity index (χ1n) is 4.09. The van der Waals surface area contributed by atoms with Crippen LogP contribution in [0.5, 0.6) is 0 Å². The Balaban J connectivity index is 2.29. The molecule has 14 heavy (non-hydrogen) atoms.